The number of halogens is 1. The number of methoxy groups -OCH3 is 2. The normalized spacial score (nSPS) is 14.2. The van der Waals surface area contributed by atoms with Gasteiger partial charge in [-0.2, -0.15) is 0 Å². The molecule has 1 N–H and O–H groups in total. The van der Waals surface area contributed by atoms with Gasteiger partial charge in [0.05, 0.1) is 24.8 Å². The van der Waals surface area contributed by atoms with E-state index < -0.39 is 28.5 Å². The van der Waals surface area contributed by atoms with E-state index in [4.69, 9.17) is 21.1 Å². The maximum atomic E-state index is 14.1. The van der Waals surface area contributed by atoms with E-state index in [-0.39, 0.29) is 34.8 Å². The van der Waals surface area contributed by atoms with Gasteiger partial charge in [0.25, 0.3) is 10.0 Å². The molecule has 3 aromatic rings. The van der Waals surface area contributed by atoms with Crippen molar-refractivity contribution in [2.45, 2.75) is 56.1 Å². The lowest BCUT2D eigenvalue weighted by Gasteiger charge is -2.33. The lowest BCUT2D eigenvalue weighted by Crippen LogP contribution is -2.52. The summed E-state index contributed by atoms with van der Waals surface area (Å²) in [5, 5.41) is 3.49. The molecule has 9 nitrogen and oxygen atoms in total. The van der Waals surface area contributed by atoms with Crippen LogP contribution in [0.15, 0.2) is 77.7 Å². The molecule has 0 spiro atoms. The third-order valence-corrected chi connectivity index (χ3v) is 9.59. The molecule has 0 aliphatic heterocycles. The number of hydrogen-bond acceptors (Lipinski definition) is 6. The number of para-hydroxylation sites is 2. The maximum absolute atomic E-state index is 14.1. The summed E-state index contributed by atoms with van der Waals surface area (Å²) in [6, 6.07) is 18.7. The summed E-state index contributed by atoms with van der Waals surface area (Å²) in [6.07, 6.45) is 3.86. The predicted molar refractivity (Wildman–Crippen MR) is 162 cm³/mol. The van der Waals surface area contributed by atoms with Crippen molar-refractivity contribution in [3.05, 3.63) is 83.4 Å². The topological polar surface area (TPSA) is 105 Å². The van der Waals surface area contributed by atoms with Gasteiger partial charge < -0.3 is 19.7 Å². The molecule has 42 heavy (non-hydrogen) atoms. The number of benzene rings is 3. The molecule has 3 aromatic carbocycles. The zero-order chi connectivity index (χ0) is 30.3. The lowest BCUT2D eigenvalue weighted by molar-refractivity contribution is -0.139. The van der Waals surface area contributed by atoms with Gasteiger partial charge in [-0.15, -0.1) is 0 Å². The number of amides is 2. The summed E-state index contributed by atoms with van der Waals surface area (Å²) >= 11 is 6.44. The standard InChI is InChI=1S/C31H36ClN3O6S/c1-22(31(37)33-24-11-5-6-12-24)34(20-23-10-4-7-13-27(23)32)30(36)21-35(28-14-8-9-15-29(28)41-3)42(38,39)26-18-16-25(40-2)17-19-26/h4,7-10,13-19,22,24H,5-6,11-12,20-21H2,1-3H3,(H,33,37). The van der Waals surface area contributed by atoms with Gasteiger partial charge in [-0.05, 0) is 67.8 Å². The average molecular weight is 614 g/mol. The fourth-order valence-corrected chi connectivity index (χ4v) is 6.63. The van der Waals surface area contributed by atoms with E-state index in [1.165, 1.54) is 43.4 Å². The molecule has 1 atom stereocenters. The third-order valence-electron chi connectivity index (χ3n) is 7.45. The molecule has 4 rings (SSSR count). The maximum Gasteiger partial charge on any atom is 0.264 e. The molecule has 1 saturated carbocycles. The van der Waals surface area contributed by atoms with E-state index in [0.717, 1.165) is 30.0 Å². The minimum absolute atomic E-state index is 0.0140. The average Bonchev–Trinajstić information content (AvgIpc) is 3.52. The molecule has 11 heteroatoms. The van der Waals surface area contributed by atoms with Crippen molar-refractivity contribution in [1.82, 2.24) is 10.2 Å². The first-order valence-corrected chi connectivity index (χ1v) is 15.6. The van der Waals surface area contributed by atoms with E-state index in [9.17, 15) is 18.0 Å². The molecule has 1 aliphatic rings. The number of carbonyl (C=O) groups excluding carboxylic acids is 2. The van der Waals surface area contributed by atoms with Gasteiger partial charge in [-0.3, -0.25) is 13.9 Å². The molecule has 1 aliphatic carbocycles. The lowest BCUT2D eigenvalue weighted by atomic mass is 10.1. The number of nitrogens with zero attached hydrogens (tertiary/aromatic N) is 2. The zero-order valence-electron chi connectivity index (χ0n) is 24.0. The second-order valence-corrected chi connectivity index (χ2v) is 12.4. The van der Waals surface area contributed by atoms with Crippen LogP contribution in [0.4, 0.5) is 5.69 Å². The van der Waals surface area contributed by atoms with E-state index in [1.807, 2.05) is 0 Å². The van der Waals surface area contributed by atoms with E-state index in [2.05, 4.69) is 5.32 Å². The van der Waals surface area contributed by atoms with E-state index in [1.54, 1.807) is 55.5 Å². The Bertz CT molecular complexity index is 1490. The zero-order valence-corrected chi connectivity index (χ0v) is 25.5. The highest BCUT2D eigenvalue weighted by Crippen LogP contribution is 2.33. The molecule has 0 saturated heterocycles. The van der Waals surface area contributed by atoms with Crippen LogP contribution in [0.1, 0.15) is 38.2 Å². The Morgan fingerprint density at radius 2 is 1.60 bits per heavy atom. The highest BCUT2D eigenvalue weighted by Gasteiger charge is 2.34. The van der Waals surface area contributed by atoms with Crippen LogP contribution in [-0.4, -0.2) is 58.0 Å². The first kappa shape index (κ1) is 31.2. The van der Waals surface area contributed by atoms with Gasteiger partial charge in [-0.25, -0.2) is 8.42 Å². The smallest absolute Gasteiger partial charge is 0.264 e. The van der Waals surface area contributed by atoms with E-state index in [0.29, 0.717) is 16.3 Å². The minimum atomic E-state index is -4.26. The summed E-state index contributed by atoms with van der Waals surface area (Å²) in [5.41, 5.74) is 0.819. The summed E-state index contributed by atoms with van der Waals surface area (Å²) in [4.78, 5) is 28.8. The van der Waals surface area contributed by atoms with Gasteiger partial charge in [0.1, 0.15) is 24.1 Å². The molecule has 1 unspecified atom stereocenters. The Hall–Kier alpha value is -3.76. The highest BCUT2D eigenvalue weighted by atomic mass is 35.5. The van der Waals surface area contributed by atoms with Crippen molar-refractivity contribution in [1.29, 1.82) is 0 Å². The Kier molecular flexibility index (Phi) is 10.3. The predicted octanol–water partition coefficient (Wildman–Crippen LogP) is 5.03. The van der Waals surface area contributed by atoms with Crippen LogP contribution in [0.5, 0.6) is 11.5 Å². The molecule has 0 bridgehead atoms. The van der Waals surface area contributed by atoms with Gasteiger partial charge in [0.2, 0.25) is 11.8 Å². The van der Waals surface area contributed by atoms with Crippen LogP contribution in [0.25, 0.3) is 0 Å². The number of hydrogen-bond donors (Lipinski definition) is 1. The molecular weight excluding hydrogens is 578 g/mol. The summed E-state index contributed by atoms with van der Waals surface area (Å²) in [5.74, 6) is -0.120. The van der Waals surface area contributed by atoms with Crippen LogP contribution in [0, 0.1) is 0 Å². The van der Waals surface area contributed by atoms with Gasteiger partial charge >= 0.3 is 0 Å². The quantitative estimate of drug-likeness (QED) is 0.307. The monoisotopic (exact) mass is 613 g/mol. The second kappa shape index (κ2) is 13.9. The van der Waals surface area contributed by atoms with Crippen molar-refractivity contribution in [2.24, 2.45) is 0 Å². The summed E-state index contributed by atoms with van der Waals surface area (Å²) in [7, 11) is -1.35. The van der Waals surface area contributed by atoms with Gasteiger partial charge in [0.15, 0.2) is 0 Å². The van der Waals surface area contributed by atoms with E-state index >= 15 is 0 Å². The number of sulfonamides is 1. The minimum Gasteiger partial charge on any atom is -0.497 e. The largest absolute Gasteiger partial charge is 0.497 e. The Morgan fingerprint density at radius 3 is 2.24 bits per heavy atom. The second-order valence-electron chi connectivity index (χ2n) is 10.1. The number of anilines is 1. The number of carbonyl (C=O) groups is 2. The molecule has 2 amide bonds. The SMILES string of the molecule is COc1ccc(S(=O)(=O)N(CC(=O)N(Cc2ccccc2Cl)C(C)C(=O)NC2CCCC2)c2ccccc2OC)cc1. The van der Waals surface area contributed by atoms with Crippen LogP contribution >= 0.6 is 11.6 Å². The van der Waals surface area contributed by atoms with Gasteiger partial charge in [-0.1, -0.05) is 54.8 Å². The Balaban J connectivity index is 1.72. The molecular formula is C31H36ClN3O6S. The van der Waals surface area contributed by atoms with Crippen LogP contribution in [-0.2, 0) is 26.2 Å². The third kappa shape index (κ3) is 7.17. The van der Waals surface area contributed by atoms with Crippen molar-refractivity contribution < 1.29 is 27.5 Å². The van der Waals surface area contributed by atoms with Crippen LogP contribution in [0.2, 0.25) is 5.02 Å². The van der Waals surface area contributed by atoms with Crippen molar-refractivity contribution in [3.63, 3.8) is 0 Å². The highest BCUT2D eigenvalue weighted by molar-refractivity contribution is 7.92. The van der Waals surface area contributed by atoms with Crippen LogP contribution < -0.4 is 19.1 Å². The van der Waals surface area contributed by atoms with Gasteiger partial charge in [0, 0.05) is 17.6 Å². The first-order chi connectivity index (χ1) is 20.1. The Morgan fingerprint density at radius 1 is 0.952 bits per heavy atom. The molecule has 1 fully saturated rings. The molecule has 0 radical (unpaired) electrons. The molecule has 0 heterocycles. The number of nitrogens with one attached hydrogen (secondary N) is 1. The summed E-state index contributed by atoms with van der Waals surface area (Å²) in [6.45, 7) is 1.07. The van der Waals surface area contributed by atoms with Crippen LogP contribution in [0.3, 0.4) is 0 Å². The number of rotatable bonds is 12. The van der Waals surface area contributed by atoms with Crippen molar-refractivity contribution >= 4 is 39.1 Å². The van der Waals surface area contributed by atoms with Crippen molar-refractivity contribution in [2.75, 3.05) is 25.1 Å². The van der Waals surface area contributed by atoms with Crippen molar-refractivity contribution in [3.8, 4) is 11.5 Å². The fraction of sp³-hybridized carbons (Fsp3) is 0.355. The molecule has 224 valence electrons. The molecule has 0 aromatic heterocycles. The first-order valence-electron chi connectivity index (χ1n) is 13.8. The Labute approximate surface area is 252 Å². The summed E-state index contributed by atoms with van der Waals surface area (Å²) < 4.78 is 39.8. The fourth-order valence-electron chi connectivity index (χ4n) is 5.01. The number of ether oxygens (including phenoxy) is 2.